The van der Waals surface area contributed by atoms with Crippen molar-refractivity contribution in [3.63, 3.8) is 0 Å². The number of rotatable bonds is 6. The molecule has 0 aliphatic rings. The quantitative estimate of drug-likeness (QED) is 0.807. The fourth-order valence-corrected chi connectivity index (χ4v) is 1.96. The normalized spacial score (nSPS) is 13.5. The number of carboxylic acids is 1. The summed E-state index contributed by atoms with van der Waals surface area (Å²) in [5.74, 6) is -5.17. The molecule has 0 saturated carbocycles. The molecule has 0 unspecified atom stereocenters. The van der Waals surface area contributed by atoms with E-state index in [0.29, 0.717) is 5.56 Å². The van der Waals surface area contributed by atoms with Gasteiger partial charge in [0.15, 0.2) is 0 Å². The van der Waals surface area contributed by atoms with Crippen molar-refractivity contribution in [1.29, 1.82) is 0 Å². The number of carboxylic acid groups (broad SMARTS) is 1. The highest BCUT2D eigenvalue weighted by Gasteiger charge is 2.30. The Labute approximate surface area is 102 Å². The molecule has 0 saturated heterocycles. The minimum Gasteiger partial charge on any atom is -0.480 e. The van der Waals surface area contributed by atoms with Crippen molar-refractivity contribution in [3.05, 3.63) is 35.9 Å². The van der Waals surface area contributed by atoms with E-state index in [9.17, 15) is 22.0 Å². The Morgan fingerprint density at radius 2 is 1.83 bits per heavy atom. The van der Waals surface area contributed by atoms with Crippen molar-refractivity contribution in [3.8, 4) is 0 Å². The summed E-state index contributed by atoms with van der Waals surface area (Å²) in [5.41, 5.74) is 0.530. The first-order chi connectivity index (χ1) is 8.33. The van der Waals surface area contributed by atoms with E-state index in [1.807, 2.05) is 0 Å². The molecule has 0 aliphatic carbocycles. The van der Waals surface area contributed by atoms with Gasteiger partial charge in [-0.15, -0.1) is 0 Å². The maximum atomic E-state index is 12.1. The molecule has 8 heteroatoms. The van der Waals surface area contributed by atoms with Crippen LogP contribution in [0.5, 0.6) is 0 Å². The second-order valence-corrected chi connectivity index (χ2v) is 5.19. The molecule has 1 atom stereocenters. The average molecular weight is 279 g/mol. The molecule has 0 fully saturated rings. The molecular weight excluding hydrogens is 268 g/mol. The Kier molecular flexibility index (Phi) is 4.74. The number of aliphatic carboxylic acids is 1. The van der Waals surface area contributed by atoms with Gasteiger partial charge in [0.05, 0.1) is 0 Å². The number of alkyl halides is 2. The Balaban J connectivity index is 2.83. The van der Waals surface area contributed by atoms with Crippen LogP contribution in [-0.4, -0.2) is 31.3 Å². The molecule has 0 spiro atoms. The summed E-state index contributed by atoms with van der Waals surface area (Å²) in [4.78, 5) is 10.8. The van der Waals surface area contributed by atoms with Gasteiger partial charge in [0.1, 0.15) is 6.04 Å². The highest BCUT2D eigenvalue weighted by molar-refractivity contribution is 7.89. The highest BCUT2D eigenvalue weighted by atomic mass is 32.2. The summed E-state index contributed by atoms with van der Waals surface area (Å²) >= 11 is 0. The molecule has 5 nitrogen and oxygen atoms in total. The van der Waals surface area contributed by atoms with Crippen molar-refractivity contribution in [2.45, 2.75) is 18.2 Å². The lowest BCUT2D eigenvalue weighted by Gasteiger charge is -2.14. The van der Waals surface area contributed by atoms with Gasteiger partial charge in [-0.3, -0.25) is 4.79 Å². The van der Waals surface area contributed by atoms with E-state index in [2.05, 4.69) is 0 Å². The van der Waals surface area contributed by atoms with Crippen LogP contribution in [-0.2, 0) is 21.2 Å². The van der Waals surface area contributed by atoms with E-state index in [4.69, 9.17) is 5.11 Å². The monoisotopic (exact) mass is 279 g/mol. The Morgan fingerprint density at radius 3 is 2.28 bits per heavy atom. The third-order valence-electron chi connectivity index (χ3n) is 2.12. The number of benzene rings is 1. The van der Waals surface area contributed by atoms with Gasteiger partial charge in [-0.05, 0) is 12.0 Å². The predicted octanol–water partition coefficient (Wildman–Crippen LogP) is 0.824. The molecule has 1 aromatic rings. The fourth-order valence-electron chi connectivity index (χ4n) is 1.28. The van der Waals surface area contributed by atoms with Gasteiger partial charge in [0.2, 0.25) is 0 Å². The van der Waals surface area contributed by atoms with Crippen molar-refractivity contribution in [2.75, 3.05) is 0 Å². The van der Waals surface area contributed by atoms with E-state index in [1.165, 1.54) is 4.72 Å². The molecule has 0 bridgehead atoms. The van der Waals surface area contributed by atoms with Gasteiger partial charge in [0.25, 0.3) is 10.0 Å². The molecule has 0 radical (unpaired) electrons. The molecular formula is C10H11F2NO4S. The van der Waals surface area contributed by atoms with E-state index in [1.54, 1.807) is 30.3 Å². The summed E-state index contributed by atoms with van der Waals surface area (Å²) in [5, 5.41) is 8.81. The lowest BCUT2D eigenvalue weighted by Crippen LogP contribution is -2.44. The van der Waals surface area contributed by atoms with Gasteiger partial charge < -0.3 is 5.11 Å². The van der Waals surface area contributed by atoms with Crippen LogP contribution in [0.1, 0.15) is 5.56 Å². The van der Waals surface area contributed by atoms with E-state index >= 15 is 0 Å². The van der Waals surface area contributed by atoms with Crippen molar-refractivity contribution >= 4 is 16.0 Å². The van der Waals surface area contributed by atoms with Crippen LogP contribution >= 0.6 is 0 Å². The predicted molar refractivity (Wildman–Crippen MR) is 59.6 cm³/mol. The highest BCUT2D eigenvalue weighted by Crippen LogP contribution is 2.08. The van der Waals surface area contributed by atoms with Gasteiger partial charge >= 0.3 is 11.7 Å². The van der Waals surface area contributed by atoms with Crippen LogP contribution in [0.4, 0.5) is 8.78 Å². The lowest BCUT2D eigenvalue weighted by molar-refractivity contribution is -0.138. The smallest absolute Gasteiger partial charge is 0.350 e. The third kappa shape index (κ3) is 4.04. The second-order valence-electron chi connectivity index (χ2n) is 3.50. The molecule has 0 heterocycles. The summed E-state index contributed by atoms with van der Waals surface area (Å²) in [6.07, 6.45) is -0.206. The van der Waals surface area contributed by atoms with Gasteiger partial charge in [-0.1, -0.05) is 30.3 Å². The largest absolute Gasteiger partial charge is 0.480 e. The SMILES string of the molecule is O=C(O)[C@@H](Cc1ccccc1)NS(=O)(=O)C(F)F. The van der Waals surface area contributed by atoms with Crippen molar-refractivity contribution < 1.29 is 27.1 Å². The zero-order chi connectivity index (χ0) is 13.8. The number of sulfonamides is 1. The molecule has 0 amide bonds. The zero-order valence-corrected chi connectivity index (χ0v) is 9.90. The van der Waals surface area contributed by atoms with E-state index in [0.717, 1.165) is 0 Å². The summed E-state index contributed by atoms with van der Waals surface area (Å²) in [7, 11) is -4.93. The van der Waals surface area contributed by atoms with Gasteiger partial charge in [0, 0.05) is 0 Å². The van der Waals surface area contributed by atoms with Crippen LogP contribution in [0.3, 0.4) is 0 Å². The van der Waals surface area contributed by atoms with Crippen LogP contribution in [0.25, 0.3) is 0 Å². The Hall–Kier alpha value is -1.54. The topological polar surface area (TPSA) is 83.5 Å². The number of hydrogen-bond acceptors (Lipinski definition) is 3. The average Bonchev–Trinajstić information content (AvgIpc) is 2.29. The zero-order valence-electron chi connectivity index (χ0n) is 9.08. The molecule has 0 aromatic heterocycles. The first-order valence-corrected chi connectivity index (χ1v) is 6.43. The minimum absolute atomic E-state index is 0.206. The minimum atomic E-state index is -4.93. The van der Waals surface area contributed by atoms with E-state index in [-0.39, 0.29) is 6.42 Å². The maximum absolute atomic E-state index is 12.1. The molecule has 100 valence electrons. The van der Waals surface area contributed by atoms with Gasteiger partial charge in [-0.2, -0.15) is 13.5 Å². The first kappa shape index (κ1) is 14.5. The van der Waals surface area contributed by atoms with Crippen LogP contribution in [0.2, 0.25) is 0 Å². The van der Waals surface area contributed by atoms with Crippen molar-refractivity contribution in [2.24, 2.45) is 0 Å². The standard InChI is InChI=1S/C10H11F2NO4S/c11-10(12)18(16,17)13-8(9(14)15)6-7-4-2-1-3-5-7/h1-5,8,10,13H,6H2,(H,14,15)/t8-/m1/s1. The Bertz CT molecular complexity index is 504. The van der Waals surface area contributed by atoms with Crippen LogP contribution in [0.15, 0.2) is 30.3 Å². The summed E-state index contributed by atoms with van der Waals surface area (Å²) in [6.45, 7) is 0. The Morgan fingerprint density at radius 1 is 1.28 bits per heavy atom. The molecule has 18 heavy (non-hydrogen) atoms. The van der Waals surface area contributed by atoms with Gasteiger partial charge in [-0.25, -0.2) is 8.42 Å². The number of nitrogens with one attached hydrogen (secondary N) is 1. The molecule has 1 rings (SSSR count). The second kappa shape index (κ2) is 5.87. The fraction of sp³-hybridized carbons (Fsp3) is 0.300. The molecule has 1 aromatic carbocycles. The number of carbonyl (C=O) groups is 1. The molecule has 0 aliphatic heterocycles. The van der Waals surface area contributed by atoms with E-state index < -0.39 is 27.8 Å². The molecule has 2 N–H and O–H groups in total. The lowest BCUT2D eigenvalue weighted by atomic mass is 10.1. The van der Waals surface area contributed by atoms with Crippen LogP contribution in [0, 0.1) is 0 Å². The number of halogens is 2. The van der Waals surface area contributed by atoms with Crippen molar-refractivity contribution in [1.82, 2.24) is 4.72 Å². The first-order valence-electron chi connectivity index (χ1n) is 4.89. The van der Waals surface area contributed by atoms with Crippen LogP contribution < -0.4 is 4.72 Å². The summed E-state index contributed by atoms with van der Waals surface area (Å²) in [6, 6.07) is 6.50. The summed E-state index contributed by atoms with van der Waals surface area (Å²) < 4.78 is 47.5. The third-order valence-corrected chi connectivity index (χ3v) is 3.20. The number of hydrogen-bond donors (Lipinski definition) is 2. The maximum Gasteiger partial charge on any atom is 0.350 e.